The van der Waals surface area contributed by atoms with Crippen molar-refractivity contribution >= 4 is 11.9 Å². The number of fused-ring (bicyclic) bond motifs is 4. The van der Waals surface area contributed by atoms with Crippen molar-refractivity contribution in [1.29, 1.82) is 0 Å². The van der Waals surface area contributed by atoms with E-state index in [2.05, 4.69) is 0 Å². The number of rotatable bonds is 2. The Balaban J connectivity index is 1.59. The number of phenolic OH excluding ortho intramolecular Hbond substituents is 2. The largest absolute Gasteiger partial charge is 0.508 e. The van der Waals surface area contributed by atoms with E-state index in [-0.39, 0.29) is 29.9 Å². The quantitative estimate of drug-likeness (QED) is 0.766. The van der Waals surface area contributed by atoms with E-state index in [1.807, 2.05) is 0 Å². The van der Waals surface area contributed by atoms with Crippen LogP contribution in [-0.2, 0) is 23.7 Å². The topological polar surface area (TPSA) is 112 Å². The van der Waals surface area contributed by atoms with Crippen molar-refractivity contribution in [2.24, 2.45) is 0 Å². The summed E-state index contributed by atoms with van der Waals surface area (Å²) in [4.78, 5) is 24.8. The van der Waals surface area contributed by atoms with Gasteiger partial charge in [0.25, 0.3) is 0 Å². The third kappa shape index (κ3) is 2.61. The molecule has 0 amide bonds. The summed E-state index contributed by atoms with van der Waals surface area (Å²) in [5, 5.41) is 19.0. The van der Waals surface area contributed by atoms with Crippen LogP contribution in [0.25, 0.3) is 0 Å². The van der Waals surface area contributed by atoms with Crippen LogP contribution in [0.3, 0.4) is 0 Å². The van der Waals surface area contributed by atoms with E-state index in [1.54, 1.807) is 13.8 Å². The molecular formula is C17H18O8. The van der Waals surface area contributed by atoms with Gasteiger partial charge < -0.3 is 29.2 Å². The SMILES string of the molecule is CC1(C)O[C@H]2[C@@H]3C[C@@](OC(=O)c4cc(O)cc(O)c4)(C[C@H]2O1)C(=O)O3. The number of hydrogen-bond acceptors (Lipinski definition) is 8. The molecule has 4 atom stereocenters. The molecule has 2 saturated heterocycles. The molecule has 2 heterocycles. The maximum Gasteiger partial charge on any atom is 0.351 e. The van der Waals surface area contributed by atoms with Crippen molar-refractivity contribution < 1.29 is 38.7 Å². The molecule has 2 aliphatic heterocycles. The first-order chi connectivity index (χ1) is 11.7. The van der Waals surface area contributed by atoms with Crippen LogP contribution >= 0.6 is 0 Å². The number of carbonyl (C=O) groups excluding carboxylic acids is 2. The van der Waals surface area contributed by atoms with Crippen LogP contribution < -0.4 is 0 Å². The second-order valence-electron chi connectivity index (χ2n) is 7.11. The number of ether oxygens (including phenoxy) is 4. The predicted molar refractivity (Wildman–Crippen MR) is 80.9 cm³/mol. The number of esters is 2. The molecule has 1 aliphatic carbocycles. The fourth-order valence-corrected chi connectivity index (χ4v) is 3.78. The van der Waals surface area contributed by atoms with Gasteiger partial charge >= 0.3 is 11.9 Å². The van der Waals surface area contributed by atoms with Crippen LogP contribution in [0.15, 0.2) is 18.2 Å². The molecule has 2 N–H and O–H groups in total. The summed E-state index contributed by atoms with van der Waals surface area (Å²) in [6, 6.07) is 3.40. The average Bonchev–Trinajstić information content (AvgIpc) is 2.93. The third-order valence-electron chi connectivity index (χ3n) is 4.71. The first kappa shape index (κ1) is 16.2. The van der Waals surface area contributed by atoms with Gasteiger partial charge in [-0.05, 0) is 26.0 Å². The number of benzene rings is 1. The van der Waals surface area contributed by atoms with E-state index in [4.69, 9.17) is 18.9 Å². The predicted octanol–water partition coefficient (Wildman–Crippen LogP) is 1.23. The molecule has 8 nitrogen and oxygen atoms in total. The molecular weight excluding hydrogens is 332 g/mol. The van der Waals surface area contributed by atoms with Gasteiger partial charge in [0.2, 0.25) is 5.60 Å². The lowest BCUT2D eigenvalue weighted by atomic mass is 9.82. The Bertz CT molecular complexity index is 737. The smallest absolute Gasteiger partial charge is 0.351 e. The van der Waals surface area contributed by atoms with E-state index in [1.165, 1.54) is 0 Å². The zero-order valence-corrected chi connectivity index (χ0v) is 13.7. The van der Waals surface area contributed by atoms with Gasteiger partial charge in [-0.2, -0.15) is 0 Å². The minimum absolute atomic E-state index is 0.0610. The van der Waals surface area contributed by atoms with Crippen molar-refractivity contribution in [3.63, 3.8) is 0 Å². The van der Waals surface area contributed by atoms with Crippen molar-refractivity contribution in [1.82, 2.24) is 0 Å². The van der Waals surface area contributed by atoms with Gasteiger partial charge in [-0.3, -0.25) is 0 Å². The molecule has 134 valence electrons. The van der Waals surface area contributed by atoms with Gasteiger partial charge in [-0.15, -0.1) is 0 Å². The lowest BCUT2D eigenvalue weighted by Crippen LogP contribution is -2.49. The summed E-state index contributed by atoms with van der Waals surface area (Å²) in [6.07, 6.45) is -1.04. The van der Waals surface area contributed by atoms with Crippen molar-refractivity contribution in [3.05, 3.63) is 23.8 Å². The molecule has 25 heavy (non-hydrogen) atoms. The molecule has 2 bridgehead atoms. The van der Waals surface area contributed by atoms with E-state index in [9.17, 15) is 19.8 Å². The lowest BCUT2D eigenvalue weighted by Gasteiger charge is -2.32. The van der Waals surface area contributed by atoms with Crippen LogP contribution in [0, 0.1) is 0 Å². The molecule has 3 aliphatic rings. The van der Waals surface area contributed by atoms with E-state index in [0.717, 1.165) is 18.2 Å². The molecule has 0 spiro atoms. The Hall–Kier alpha value is -2.32. The second kappa shape index (κ2) is 5.09. The van der Waals surface area contributed by atoms with Gasteiger partial charge in [-0.25, -0.2) is 9.59 Å². The minimum atomic E-state index is -1.45. The Kier molecular flexibility index (Phi) is 3.29. The average molecular weight is 350 g/mol. The van der Waals surface area contributed by atoms with Crippen molar-refractivity contribution in [2.45, 2.75) is 56.4 Å². The lowest BCUT2D eigenvalue weighted by molar-refractivity contribution is -0.172. The highest BCUT2D eigenvalue weighted by Crippen LogP contribution is 2.48. The van der Waals surface area contributed by atoms with Crippen LogP contribution in [0.5, 0.6) is 11.5 Å². The molecule has 0 radical (unpaired) electrons. The molecule has 4 rings (SSSR count). The number of phenols is 2. The maximum absolute atomic E-state index is 12.4. The van der Waals surface area contributed by atoms with Crippen LogP contribution in [0.4, 0.5) is 0 Å². The van der Waals surface area contributed by atoms with Gasteiger partial charge in [0.15, 0.2) is 5.79 Å². The Morgan fingerprint density at radius 1 is 1.12 bits per heavy atom. The van der Waals surface area contributed by atoms with E-state index < -0.39 is 41.6 Å². The molecule has 1 saturated carbocycles. The summed E-state index contributed by atoms with van der Waals surface area (Å²) in [5.41, 5.74) is -1.51. The fraction of sp³-hybridized carbons (Fsp3) is 0.529. The van der Waals surface area contributed by atoms with Gasteiger partial charge in [0.05, 0.1) is 11.7 Å². The van der Waals surface area contributed by atoms with Crippen LogP contribution in [0.2, 0.25) is 0 Å². The van der Waals surface area contributed by atoms with Crippen LogP contribution in [0.1, 0.15) is 37.0 Å². The zero-order chi connectivity index (χ0) is 18.0. The maximum atomic E-state index is 12.4. The minimum Gasteiger partial charge on any atom is -0.508 e. The van der Waals surface area contributed by atoms with E-state index >= 15 is 0 Å². The number of hydrogen-bond donors (Lipinski definition) is 2. The Morgan fingerprint density at radius 3 is 2.44 bits per heavy atom. The molecule has 1 aromatic carbocycles. The van der Waals surface area contributed by atoms with Gasteiger partial charge in [0.1, 0.15) is 23.7 Å². The summed E-state index contributed by atoms with van der Waals surface area (Å²) in [7, 11) is 0. The van der Waals surface area contributed by atoms with Crippen molar-refractivity contribution in [3.8, 4) is 11.5 Å². The highest BCUT2D eigenvalue weighted by Gasteiger charge is 2.65. The Morgan fingerprint density at radius 2 is 1.76 bits per heavy atom. The Labute approximate surface area is 143 Å². The second-order valence-corrected chi connectivity index (χ2v) is 7.11. The molecule has 1 aromatic rings. The summed E-state index contributed by atoms with van der Waals surface area (Å²) < 4.78 is 22.4. The normalized spacial score (nSPS) is 35.1. The molecule has 0 aromatic heterocycles. The molecule has 0 unspecified atom stereocenters. The van der Waals surface area contributed by atoms with E-state index in [0.29, 0.717) is 0 Å². The highest BCUT2D eigenvalue weighted by atomic mass is 16.8. The van der Waals surface area contributed by atoms with Crippen LogP contribution in [-0.4, -0.2) is 51.9 Å². The monoisotopic (exact) mass is 350 g/mol. The first-order valence-electron chi connectivity index (χ1n) is 8.01. The molecule has 3 fully saturated rings. The van der Waals surface area contributed by atoms with Gasteiger partial charge in [-0.1, -0.05) is 0 Å². The third-order valence-corrected chi connectivity index (χ3v) is 4.71. The van der Waals surface area contributed by atoms with Gasteiger partial charge in [0, 0.05) is 18.9 Å². The summed E-state index contributed by atoms with van der Waals surface area (Å²) in [5.74, 6) is -2.83. The van der Waals surface area contributed by atoms with Crippen molar-refractivity contribution in [2.75, 3.05) is 0 Å². The number of carbonyl (C=O) groups is 2. The highest BCUT2D eigenvalue weighted by molar-refractivity contribution is 5.94. The fourth-order valence-electron chi connectivity index (χ4n) is 3.78. The molecule has 8 heteroatoms. The first-order valence-corrected chi connectivity index (χ1v) is 8.01. The zero-order valence-electron chi connectivity index (χ0n) is 13.7. The standard InChI is InChI=1S/C17H18O8/c1-16(2)23-12-7-17(6-11(13(12)24-16)22-15(17)21)25-14(20)8-3-9(18)5-10(19)4-8/h3-5,11-13,18-19H,6-7H2,1-2H3/t11-,12+,13-,17+/m0/s1. The summed E-state index contributed by atoms with van der Waals surface area (Å²) in [6.45, 7) is 3.55. The summed E-state index contributed by atoms with van der Waals surface area (Å²) >= 11 is 0. The number of aromatic hydroxyl groups is 2.